The Hall–Kier alpha value is -1.91. The average Bonchev–Trinajstić information content (AvgIpc) is 2.27. The van der Waals surface area contributed by atoms with Gasteiger partial charge >= 0.3 is 0 Å². The van der Waals surface area contributed by atoms with Crippen molar-refractivity contribution in [2.45, 2.75) is 13.8 Å². The number of anilines is 1. The van der Waals surface area contributed by atoms with E-state index in [1.54, 1.807) is 6.07 Å². The summed E-state index contributed by atoms with van der Waals surface area (Å²) in [5.41, 5.74) is 11.4. The zero-order chi connectivity index (χ0) is 13.0. The van der Waals surface area contributed by atoms with Crippen LogP contribution in [0.15, 0.2) is 12.1 Å². The minimum absolute atomic E-state index is 0.211. The Morgan fingerprint density at radius 2 is 2.06 bits per heavy atom. The average molecular weight is 238 g/mol. The summed E-state index contributed by atoms with van der Waals surface area (Å²) >= 11 is 0. The Bertz CT molecular complexity index is 416. The van der Waals surface area contributed by atoms with Gasteiger partial charge in [-0.3, -0.25) is 4.79 Å². The molecule has 0 saturated carbocycles. The molecule has 0 aliphatic heterocycles. The summed E-state index contributed by atoms with van der Waals surface area (Å²) in [6.45, 7) is 4.61. The number of methoxy groups -OCH3 is 1. The smallest absolute Gasteiger partial charge is 0.251 e. The van der Waals surface area contributed by atoms with Crippen LogP contribution in [0, 0.1) is 5.92 Å². The van der Waals surface area contributed by atoms with Gasteiger partial charge in [0.05, 0.1) is 25.0 Å². The molecule has 5 heteroatoms. The summed E-state index contributed by atoms with van der Waals surface area (Å²) in [7, 11) is 1.47. The summed E-state index contributed by atoms with van der Waals surface area (Å²) in [6, 6.07) is 3.17. The van der Waals surface area contributed by atoms with Crippen LogP contribution in [0.4, 0.5) is 5.69 Å². The Morgan fingerprint density at radius 1 is 1.41 bits per heavy atom. The van der Waals surface area contributed by atoms with Crippen molar-refractivity contribution in [3.63, 3.8) is 0 Å². The van der Waals surface area contributed by atoms with Crippen LogP contribution in [0.1, 0.15) is 24.2 Å². The molecule has 0 fully saturated rings. The highest BCUT2D eigenvalue weighted by atomic mass is 16.5. The number of hydrogen-bond acceptors (Lipinski definition) is 4. The third-order valence-electron chi connectivity index (χ3n) is 2.18. The summed E-state index contributed by atoms with van der Waals surface area (Å²) in [5.74, 6) is 0.699. The van der Waals surface area contributed by atoms with Crippen molar-refractivity contribution in [1.82, 2.24) is 0 Å². The van der Waals surface area contributed by atoms with Crippen molar-refractivity contribution in [2.24, 2.45) is 11.7 Å². The molecule has 5 nitrogen and oxygen atoms in total. The second kappa shape index (κ2) is 5.43. The monoisotopic (exact) mass is 238 g/mol. The van der Waals surface area contributed by atoms with Crippen LogP contribution < -0.4 is 20.9 Å². The first-order valence-electron chi connectivity index (χ1n) is 5.35. The van der Waals surface area contributed by atoms with E-state index in [-0.39, 0.29) is 11.3 Å². The number of carbonyl (C=O) groups excluding carboxylic acids is 1. The summed E-state index contributed by atoms with van der Waals surface area (Å²) in [4.78, 5) is 11.2. The fraction of sp³-hybridized carbons (Fsp3) is 0.417. The van der Waals surface area contributed by atoms with Crippen LogP contribution >= 0.6 is 0 Å². The molecule has 1 rings (SSSR count). The van der Waals surface area contributed by atoms with Crippen molar-refractivity contribution in [1.29, 1.82) is 0 Å². The highest BCUT2D eigenvalue weighted by Crippen LogP contribution is 2.31. The summed E-state index contributed by atoms with van der Waals surface area (Å²) in [6.07, 6.45) is 0. The van der Waals surface area contributed by atoms with Gasteiger partial charge < -0.3 is 20.9 Å². The number of rotatable bonds is 5. The summed E-state index contributed by atoms with van der Waals surface area (Å²) in [5, 5.41) is 0. The lowest BCUT2D eigenvalue weighted by atomic mass is 10.1. The normalized spacial score (nSPS) is 10.4. The SMILES string of the molecule is COc1cc(OCC(C)C)cc(C(N)=O)c1N. The number of ether oxygens (including phenoxy) is 2. The van der Waals surface area contributed by atoms with Crippen molar-refractivity contribution >= 4 is 11.6 Å². The lowest BCUT2D eigenvalue weighted by Crippen LogP contribution is -2.15. The molecule has 0 heterocycles. The molecule has 1 aromatic rings. The zero-order valence-corrected chi connectivity index (χ0v) is 10.3. The number of benzene rings is 1. The molecule has 1 amide bonds. The third-order valence-corrected chi connectivity index (χ3v) is 2.18. The van der Waals surface area contributed by atoms with Gasteiger partial charge in [0.1, 0.15) is 11.5 Å². The topological polar surface area (TPSA) is 87.6 Å². The Balaban J connectivity index is 3.07. The predicted molar refractivity (Wildman–Crippen MR) is 66.3 cm³/mol. The molecular formula is C12H18N2O3. The van der Waals surface area contributed by atoms with Gasteiger partial charge in [0.2, 0.25) is 0 Å². The maximum atomic E-state index is 11.2. The molecule has 17 heavy (non-hydrogen) atoms. The van der Waals surface area contributed by atoms with Crippen LogP contribution in [0.3, 0.4) is 0 Å². The van der Waals surface area contributed by atoms with Gasteiger partial charge in [0, 0.05) is 6.07 Å². The van der Waals surface area contributed by atoms with E-state index in [4.69, 9.17) is 20.9 Å². The van der Waals surface area contributed by atoms with Gasteiger partial charge in [0.25, 0.3) is 5.91 Å². The van der Waals surface area contributed by atoms with Gasteiger partial charge in [-0.15, -0.1) is 0 Å². The molecular weight excluding hydrogens is 220 g/mol. The second-order valence-electron chi connectivity index (χ2n) is 4.16. The highest BCUT2D eigenvalue weighted by molar-refractivity contribution is 5.99. The van der Waals surface area contributed by atoms with Gasteiger partial charge in [0.15, 0.2) is 0 Å². The first kappa shape index (κ1) is 13.2. The van der Waals surface area contributed by atoms with Crippen LogP contribution in [-0.2, 0) is 0 Å². The molecule has 4 N–H and O–H groups in total. The number of primary amides is 1. The maximum absolute atomic E-state index is 11.2. The van der Waals surface area contributed by atoms with E-state index in [1.165, 1.54) is 13.2 Å². The molecule has 0 aromatic heterocycles. The quantitative estimate of drug-likeness (QED) is 0.759. The van der Waals surface area contributed by atoms with Crippen molar-refractivity contribution in [2.75, 3.05) is 19.5 Å². The Morgan fingerprint density at radius 3 is 2.53 bits per heavy atom. The molecule has 94 valence electrons. The summed E-state index contributed by atoms with van der Waals surface area (Å²) < 4.78 is 10.6. The van der Waals surface area contributed by atoms with Gasteiger partial charge in [-0.05, 0) is 12.0 Å². The highest BCUT2D eigenvalue weighted by Gasteiger charge is 2.13. The molecule has 0 bridgehead atoms. The van der Waals surface area contributed by atoms with E-state index in [1.807, 2.05) is 13.8 Å². The predicted octanol–water partition coefficient (Wildman–Crippen LogP) is 1.41. The largest absolute Gasteiger partial charge is 0.494 e. The lowest BCUT2D eigenvalue weighted by Gasteiger charge is -2.13. The van der Waals surface area contributed by atoms with Crippen molar-refractivity contribution in [3.8, 4) is 11.5 Å². The van der Waals surface area contributed by atoms with Gasteiger partial charge in [-0.2, -0.15) is 0 Å². The number of carbonyl (C=O) groups is 1. The maximum Gasteiger partial charge on any atom is 0.251 e. The molecule has 0 saturated heterocycles. The Kier molecular flexibility index (Phi) is 4.20. The van der Waals surface area contributed by atoms with E-state index in [0.717, 1.165) is 0 Å². The second-order valence-corrected chi connectivity index (χ2v) is 4.16. The minimum Gasteiger partial charge on any atom is -0.494 e. The van der Waals surface area contributed by atoms with E-state index in [2.05, 4.69) is 0 Å². The molecule has 0 unspecified atom stereocenters. The number of amides is 1. The van der Waals surface area contributed by atoms with Gasteiger partial charge in [-0.25, -0.2) is 0 Å². The van der Waals surface area contributed by atoms with E-state index in [9.17, 15) is 4.79 Å². The molecule has 0 atom stereocenters. The van der Waals surface area contributed by atoms with Crippen molar-refractivity contribution in [3.05, 3.63) is 17.7 Å². The molecule has 0 radical (unpaired) electrons. The minimum atomic E-state index is -0.601. The van der Waals surface area contributed by atoms with Crippen molar-refractivity contribution < 1.29 is 14.3 Å². The van der Waals surface area contributed by atoms with Crippen LogP contribution in [0.25, 0.3) is 0 Å². The number of nitrogen functional groups attached to an aromatic ring is 1. The Labute approximate surface area is 101 Å². The molecule has 0 aliphatic rings. The van der Waals surface area contributed by atoms with E-state index >= 15 is 0 Å². The fourth-order valence-corrected chi connectivity index (χ4v) is 1.32. The third kappa shape index (κ3) is 3.27. The molecule has 0 aliphatic carbocycles. The van der Waals surface area contributed by atoms with Crippen LogP contribution in [-0.4, -0.2) is 19.6 Å². The fourth-order valence-electron chi connectivity index (χ4n) is 1.32. The number of nitrogens with two attached hydrogens (primary N) is 2. The zero-order valence-electron chi connectivity index (χ0n) is 10.3. The van der Waals surface area contributed by atoms with Crippen LogP contribution in [0.5, 0.6) is 11.5 Å². The van der Waals surface area contributed by atoms with E-state index < -0.39 is 5.91 Å². The first-order valence-corrected chi connectivity index (χ1v) is 5.35. The molecule has 0 spiro atoms. The first-order chi connectivity index (χ1) is 7.95. The molecule has 1 aromatic carbocycles. The van der Waals surface area contributed by atoms with E-state index in [0.29, 0.717) is 24.0 Å². The standard InChI is InChI=1S/C12H18N2O3/c1-7(2)6-17-8-4-9(12(14)15)11(13)10(5-8)16-3/h4-5,7H,6,13H2,1-3H3,(H2,14,15). The number of hydrogen-bond donors (Lipinski definition) is 2. The van der Waals surface area contributed by atoms with Crippen LogP contribution in [0.2, 0.25) is 0 Å². The lowest BCUT2D eigenvalue weighted by molar-refractivity contribution is 0.100. The van der Waals surface area contributed by atoms with Gasteiger partial charge in [-0.1, -0.05) is 13.8 Å².